The van der Waals surface area contributed by atoms with Crippen LogP contribution in [0, 0.1) is 0 Å². The Labute approximate surface area is 165 Å². The fourth-order valence-corrected chi connectivity index (χ4v) is 6.30. The summed E-state index contributed by atoms with van der Waals surface area (Å²) in [4.78, 5) is 34.2. The third-order valence-electron chi connectivity index (χ3n) is 4.90. The number of rotatable bonds is 4. The molecule has 2 amide bonds. The zero-order valence-corrected chi connectivity index (χ0v) is 16.3. The van der Waals surface area contributed by atoms with Crippen LogP contribution in [0.3, 0.4) is 0 Å². The standard InChI is InChI=1S/C20H21N3O4S/c1-15-19(24)23(16-8-4-3-5-9-16)20(25)28(15,26-2)18-14-22(12-13-27-18)17-10-6-7-11-21-17/h3-11,18H,1,12-14H2,2H3/t18-/m1/s1. The molecule has 0 saturated carbocycles. The summed E-state index contributed by atoms with van der Waals surface area (Å²) in [5.41, 5.74) is -0.103. The van der Waals surface area contributed by atoms with Gasteiger partial charge in [-0.15, -0.1) is 0 Å². The molecule has 2 aromatic rings. The van der Waals surface area contributed by atoms with E-state index in [1.165, 1.54) is 7.11 Å². The Balaban J connectivity index is 1.69. The van der Waals surface area contributed by atoms with E-state index in [-0.39, 0.29) is 4.91 Å². The van der Waals surface area contributed by atoms with Crippen LogP contribution in [-0.4, -0.2) is 48.4 Å². The van der Waals surface area contributed by atoms with E-state index in [0.717, 1.165) is 10.7 Å². The Kier molecular flexibility index (Phi) is 4.92. The second kappa shape index (κ2) is 7.38. The van der Waals surface area contributed by atoms with E-state index in [9.17, 15) is 9.59 Å². The van der Waals surface area contributed by atoms with Gasteiger partial charge >= 0.3 is 5.24 Å². The van der Waals surface area contributed by atoms with Gasteiger partial charge in [-0.25, -0.2) is 9.88 Å². The highest BCUT2D eigenvalue weighted by atomic mass is 32.3. The lowest BCUT2D eigenvalue weighted by atomic mass is 10.3. The van der Waals surface area contributed by atoms with Crippen molar-refractivity contribution in [3.05, 3.63) is 66.2 Å². The number of carbonyl (C=O) groups excluding carboxylic acids is 2. The molecule has 146 valence electrons. The van der Waals surface area contributed by atoms with Crippen LogP contribution >= 0.6 is 10.3 Å². The van der Waals surface area contributed by atoms with Crippen molar-refractivity contribution in [1.29, 1.82) is 0 Å². The van der Waals surface area contributed by atoms with Gasteiger partial charge in [-0.1, -0.05) is 30.8 Å². The molecule has 4 rings (SSSR count). The van der Waals surface area contributed by atoms with Gasteiger partial charge in [0, 0.05) is 30.2 Å². The lowest BCUT2D eigenvalue weighted by molar-refractivity contribution is -0.113. The van der Waals surface area contributed by atoms with Crippen molar-refractivity contribution in [1.82, 2.24) is 4.98 Å². The molecule has 0 aliphatic carbocycles. The van der Waals surface area contributed by atoms with Crippen molar-refractivity contribution in [2.75, 3.05) is 36.6 Å². The number of aromatic nitrogens is 1. The highest BCUT2D eigenvalue weighted by Gasteiger charge is 2.58. The monoisotopic (exact) mass is 399 g/mol. The number of hydrogen-bond acceptors (Lipinski definition) is 6. The lowest BCUT2D eigenvalue weighted by Gasteiger charge is -2.43. The summed E-state index contributed by atoms with van der Waals surface area (Å²) in [6, 6.07) is 14.5. The number of amides is 2. The molecule has 0 N–H and O–H groups in total. The predicted octanol–water partition coefficient (Wildman–Crippen LogP) is 3.29. The normalized spacial score (nSPS) is 27.8. The second-order valence-corrected chi connectivity index (χ2v) is 9.27. The first kappa shape index (κ1) is 18.7. The Morgan fingerprint density at radius 3 is 2.61 bits per heavy atom. The highest BCUT2D eigenvalue weighted by molar-refractivity contribution is 8.46. The van der Waals surface area contributed by atoms with Crippen molar-refractivity contribution in [3.8, 4) is 0 Å². The van der Waals surface area contributed by atoms with E-state index in [1.807, 2.05) is 29.2 Å². The van der Waals surface area contributed by atoms with Gasteiger partial charge in [-0.05, 0) is 24.3 Å². The van der Waals surface area contributed by atoms with Crippen LogP contribution in [0.1, 0.15) is 0 Å². The van der Waals surface area contributed by atoms with Crippen molar-refractivity contribution in [2.45, 2.75) is 5.44 Å². The molecule has 8 heteroatoms. The summed E-state index contributed by atoms with van der Waals surface area (Å²) in [5.74, 6) is 0.357. The van der Waals surface area contributed by atoms with E-state index in [0.29, 0.717) is 25.4 Å². The first-order valence-corrected chi connectivity index (χ1v) is 10.5. The van der Waals surface area contributed by atoms with E-state index in [2.05, 4.69) is 11.6 Å². The number of pyridine rings is 1. The maximum atomic E-state index is 13.5. The number of nitrogens with zero attached hydrogens (tertiary/aromatic N) is 3. The number of imide groups is 1. The highest BCUT2D eigenvalue weighted by Crippen LogP contribution is 2.66. The quantitative estimate of drug-likeness (QED) is 0.735. The van der Waals surface area contributed by atoms with Gasteiger partial charge in [-0.3, -0.25) is 9.59 Å². The first-order valence-electron chi connectivity index (χ1n) is 8.87. The molecule has 1 aromatic heterocycles. The largest absolute Gasteiger partial charge is 0.362 e. The van der Waals surface area contributed by atoms with Crippen LogP contribution in [0.2, 0.25) is 0 Å². The molecular formula is C20H21N3O4S. The number of anilines is 2. The smallest absolute Gasteiger partial charge is 0.305 e. The van der Waals surface area contributed by atoms with Crippen LogP contribution in [0.15, 0.2) is 66.2 Å². The fourth-order valence-electron chi connectivity index (χ4n) is 3.50. The zero-order chi connectivity index (χ0) is 19.7. The summed E-state index contributed by atoms with van der Waals surface area (Å²) in [6.45, 7) is 5.38. The van der Waals surface area contributed by atoms with Crippen molar-refractivity contribution in [3.63, 3.8) is 0 Å². The topological polar surface area (TPSA) is 72.0 Å². The molecule has 2 fully saturated rings. The molecule has 0 bridgehead atoms. The number of hydrogen-bond donors (Lipinski definition) is 0. The lowest BCUT2D eigenvalue weighted by Crippen LogP contribution is -2.46. The number of carbonyl (C=O) groups is 2. The zero-order valence-electron chi connectivity index (χ0n) is 15.5. The van der Waals surface area contributed by atoms with Crippen LogP contribution in [0.25, 0.3) is 0 Å². The Morgan fingerprint density at radius 2 is 1.93 bits per heavy atom. The van der Waals surface area contributed by atoms with Gasteiger partial charge in [0.25, 0.3) is 5.91 Å². The Bertz CT molecular complexity index is 908. The van der Waals surface area contributed by atoms with Gasteiger partial charge in [0.05, 0.1) is 23.7 Å². The van der Waals surface area contributed by atoms with Crippen molar-refractivity contribution < 1.29 is 18.5 Å². The molecule has 0 radical (unpaired) electrons. The fraction of sp³-hybridized carbons (Fsp3) is 0.250. The minimum absolute atomic E-state index is 0.164. The molecular weight excluding hydrogens is 378 g/mol. The summed E-state index contributed by atoms with van der Waals surface area (Å²) in [6.07, 6.45) is 1.72. The summed E-state index contributed by atoms with van der Waals surface area (Å²) < 4.78 is 11.7. The maximum Gasteiger partial charge on any atom is 0.305 e. The van der Waals surface area contributed by atoms with Gasteiger partial charge in [0.1, 0.15) is 11.3 Å². The van der Waals surface area contributed by atoms with E-state index >= 15 is 0 Å². The molecule has 7 nitrogen and oxygen atoms in total. The number of para-hydroxylation sites is 1. The molecule has 2 aliphatic heterocycles. The van der Waals surface area contributed by atoms with Gasteiger partial charge < -0.3 is 13.8 Å². The van der Waals surface area contributed by atoms with Crippen LogP contribution in [0.5, 0.6) is 0 Å². The third kappa shape index (κ3) is 2.81. The summed E-state index contributed by atoms with van der Waals surface area (Å²) in [5, 5.41) is -0.399. The van der Waals surface area contributed by atoms with E-state index < -0.39 is 26.9 Å². The number of benzene rings is 1. The summed E-state index contributed by atoms with van der Waals surface area (Å²) in [7, 11) is -1.25. The number of morpholine rings is 1. The minimum Gasteiger partial charge on any atom is -0.362 e. The van der Waals surface area contributed by atoms with E-state index in [1.54, 1.807) is 30.5 Å². The van der Waals surface area contributed by atoms with Crippen LogP contribution in [-0.2, 0) is 13.7 Å². The van der Waals surface area contributed by atoms with Crippen LogP contribution < -0.4 is 9.80 Å². The van der Waals surface area contributed by atoms with Crippen molar-refractivity contribution >= 4 is 33.0 Å². The molecule has 2 atom stereocenters. The second-order valence-electron chi connectivity index (χ2n) is 6.37. The van der Waals surface area contributed by atoms with Gasteiger partial charge in [0.2, 0.25) is 0 Å². The average Bonchev–Trinajstić information content (AvgIpc) is 2.95. The minimum atomic E-state index is -2.69. The Morgan fingerprint density at radius 1 is 1.18 bits per heavy atom. The molecule has 1 aromatic carbocycles. The number of ether oxygens (including phenoxy) is 1. The SMILES string of the molecule is C=C1C(=O)N(c2ccccc2)C(=O)S1(OC)[C@@H]1CN(c2ccccn2)CCO1. The molecule has 2 aliphatic rings. The first-order chi connectivity index (χ1) is 13.6. The summed E-state index contributed by atoms with van der Waals surface area (Å²) >= 11 is 0. The molecule has 28 heavy (non-hydrogen) atoms. The van der Waals surface area contributed by atoms with Gasteiger partial charge in [0.15, 0.2) is 0 Å². The molecule has 2 saturated heterocycles. The maximum absolute atomic E-state index is 13.5. The molecule has 1 unspecified atom stereocenters. The molecule has 0 spiro atoms. The van der Waals surface area contributed by atoms with Gasteiger partial charge in [-0.2, -0.15) is 0 Å². The molecule has 3 heterocycles. The predicted molar refractivity (Wildman–Crippen MR) is 109 cm³/mol. The van der Waals surface area contributed by atoms with E-state index in [4.69, 9.17) is 8.92 Å². The average molecular weight is 399 g/mol. The Hall–Kier alpha value is -2.68. The van der Waals surface area contributed by atoms with Crippen LogP contribution in [0.4, 0.5) is 16.3 Å². The van der Waals surface area contributed by atoms with Crippen molar-refractivity contribution in [2.24, 2.45) is 0 Å². The third-order valence-corrected chi connectivity index (χ3v) is 8.06.